The summed E-state index contributed by atoms with van der Waals surface area (Å²) in [6.45, 7) is 6.60. The molecule has 0 atom stereocenters. The molecule has 2 N–H and O–H groups in total. The van der Waals surface area contributed by atoms with Crippen molar-refractivity contribution in [3.05, 3.63) is 57.8 Å². The highest BCUT2D eigenvalue weighted by molar-refractivity contribution is 5.50. The molecule has 0 bridgehead atoms. The molecule has 2 rings (SSSR count). The number of hydrogen-bond acceptors (Lipinski definition) is 5. The van der Waals surface area contributed by atoms with Crippen molar-refractivity contribution >= 4 is 17.2 Å². The van der Waals surface area contributed by atoms with Gasteiger partial charge in [0.05, 0.1) is 4.92 Å². The summed E-state index contributed by atoms with van der Waals surface area (Å²) in [5, 5.41) is 17.3. The molecule has 116 valence electrons. The number of anilines is 2. The fraction of sp³-hybridized carbons (Fsp3) is 0.312. The molecule has 0 unspecified atom stereocenters. The second kappa shape index (κ2) is 6.89. The van der Waals surface area contributed by atoms with Gasteiger partial charge in [0.1, 0.15) is 12.0 Å². The number of aryl methyl sites for hydroxylation is 1. The van der Waals surface area contributed by atoms with Crippen LogP contribution in [0.25, 0.3) is 0 Å². The second-order valence-corrected chi connectivity index (χ2v) is 5.47. The van der Waals surface area contributed by atoms with E-state index in [0.717, 1.165) is 16.8 Å². The number of nitro groups is 1. The monoisotopic (exact) mass is 300 g/mol. The molecule has 22 heavy (non-hydrogen) atoms. The van der Waals surface area contributed by atoms with Gasteiger partial charge in [-0.3, -0.25) is 10.1 Å². The predicted molar refractivity (Wildman–Crippen MR) is 88.2 cm³/mol. The Morgan fingerprint density at radius 2 is 2.09 bits per heavy atom. The third-order valence-electron chi connectivity index (χ3n) is 3.12. The number of benzene rings is 1. The molecule has 1 aromatic carbocycles. The minimum Gasteiger partial charge on any atom is -0.383 e. The molecule has 0 radical (unpaired) electrons. The largest absolute Gasteiger partial charge is 0.383 e. The standard InChI is InChI=1S/C16H20N4O2/c1-11(2)19-14-6-4-5-13(8-14)9-17-16-12(3)7-15(10-18-16)20(21)22/h4-8,10-11,19H,9H2,1-3H3,(H,17,18). The van der Waals surface area contributed by atoms with Crippen molar-refractivity contribution < 1.29 is 4.92 Å². The van der Waals surface area contributed by atoms with E-state index in [2.05, 4.69) is 35.5 Å². The predicted octanol–water partition coefficient (Wildman–Crippen LogP) is 3.73. The van der Waals surface area contributed by atoms with Crippen molar-refractivity contribution in [2.75, 3.05) is 10.6 Å². The highest BCUT2D eigenvalue weighted by Gasteiger charge is 2.09. The van der Waals surface area contributed by atoms with Crippen LogP contribution in [-0.4, -0.2) is 15.9 Å². The summed E-state index contributed by atoms with van der Waals surface area (Å²) < 4.78 is 0. The Bertz CT molecular complexity index is 671. The number of nitrogens with zero attached hydrogens (tertiary/aromatic N) is 2. The first-order valence-electron chi connectivity index (χ1n) is 7.16. The molecule has 0 aliphatic heterocycles. The summed E-state index contributed by atoms with van der Waals surface area (Å²) in [6, 6.07) is 10.0. The van der Waals surface area contributed by atoms with Gasteiger partial charge in [0.25, 0.3) is 5.69 Å². The Morgan fingerprint density at radius 3 is 2.73 bits per heavy atom. The van der Waals surface area contributed by atoms with Crippen LogP contribution in [0.3, 0.4) is 0 Å². The Morgan fingerprint density at radius 1 is 1.32 bits per heavy atom. The van der Waals surface area contributed by atoms with Crippen molar-refractivity contribution in [2.45, 2.75) is 33.4 Å². The van der Waals surface area contributed by atoms with Crippen molar-refractivity contribution in [1.82, 2.24) is 4.98 Å². The van der Waals surface area contributed by atoms with Gasteiger partial charge < -0.3 is 10.6 Å². The maximum Gasteiger partial charge on any atom is 0.287 e. The van der Waals surface area contributed by atoms with Gasteiger partial charge in [-0.05, 0) is 44.0 Å². The Labute approximate surface area is 129 Å². The van der Waals surface area contributed by atoms with E-state index in [0.29, 0.717) is 18.4 Å². The van der Waals surface area contributed by atoms with E-state index in [4.69, 9.17) is 0 Å². The van der Waals surface area contributed by atoms with Gasteiger partial charge in [-0.15, -0.1) is 0 Å². The zero-order valence-electron chi connectivity index (χ0n) is 13.0. The maximum absolute atomic E-state index is 10.7. The molecule has 0 aliphatic rings. The van der Waals surface area contributed by atoms with Crippen LogP contribution < -0.4 is 10.6 Å². The summed E-state index contributed by atoms with van der Waals surface area (Å²) in [6.07, 6.45) is 1.27. The summed E-state index contributed by atoms with van der Waals surface area (Å²) in [4.78, 5) is 14.4. The number of nitrogens with one attached hydrogen (secondary N) is 2. The van der Waals surface area contributed by atoms with E-state index in [-0.39, 0.29) is 5.69 Å². The smallest absolute Gasteiger partial charge is 0.287 e. The summed E-state index contributed by atoms with van der Waals surface area (Å²) in [5.74, 6) is 0.660. The molecule has 0 saturated carbocycles. The summed E-state index contributed by atoms with van der Waals surface area (Å²) in [7, 11) is 0. The molecule has 1 aromatic heterocycles. The van der Waals surface area contributed by atoms with Gasteiger partial charge in [-0.1, -0.05) is 12.1 Å². The fourth-order valence-corrected chi connectivity index (χ4v) is 2.14. The van der Waals surface area contributed by atoms with Gasteiger partial charge in [0.15, 0.2) is 0 Å². The van der Waals surface area contributed by atoms with Crippen LogP contribution in [0.4, 0.5) is 17.2 Å². The lowest BCUT2D eigenvalue weighted by molar-refractivity contribution is -0.385. The first kappa shape index (κ1) is 15.8. The van der Waals surface area contributed by atoms with E-state index in [1.54, 1.807) is 6.92 Å². The topological polar surface area (TPSA) is 80.1 Å². The third-order valence-corrected chi connectivity index (χ3v) is 3.12. The molecule has 0 fully saturated rings. The van der Waals surface area contributed by atoms with Crippen LogP contribution in [0.15, 0.2) is 36.5 Å². The average molecular weight is 300 g/mol. The molecule has 0 aliphatic carbocycles. The van der Waals surface area contributed by atoms with Gasteiger partial charge in [0, 0.05) is 24.3 Å². The molecule has 0 spiro atoms. The van der Waals surface area contributed by atoms with Gasteiger partial charge in [-0.2, -0.15) is 0 Å². The Balaban J connectivity index is 2.05. The van der Waals surface area contributed by atoms with Crippen LogP contribution in [0.1, 0.15) is 25.0 Å². The second-order valence-electron chi connectivity index (χ2n) is 5.47. The molecular formula is C16H20N4O2. The first-order chi connectivity index (χ1) is 10.5. The van der Waals surface area contributed by atoms with E-state index < -0.39 is 4.92 Å². The summed E-state index contributed by atoms with van der Waals surface area (Å²) >= 11 is 0. The minimum absolute atomic E-state index is 0.00572. The third kappa shape index (κ3) is 4.18. The molecule has 0 saturated heterocycles. The van der Waals surface area contributed by atoms with Crippen molar-refractivity contribution in [1.29, 1.82) is 0 Å². The molecule has 1 heterocycles. The van der Waals surface area contributed by atoms with Crippen molar-refractivity contribution in [3.8, 4) is 0 Å². The van der Waals surface area contributed by atoms with Crippen LogP contribution in [0, 0.1) is 17.0 Å². The lowest BCUT2D eigenvalue weighted by Gasteiger charge is -2.12. The molecule has 6 heteroatoms. The summed E-state index contributed by atoms with van der Waals surface area (Å²) in [5.41, 5.74) is 2.95. The molecule has 0 amide bonds. The normalized spacial score (nSPS) is 10.5. The average Bonchev–Trinajstić information content (AvgIpc) is 2.45. The van der Waals surface area contributed by atoms with Crippen LogP contribution in [0.5, 0.6) is 0 Å². The SMILES string of the molecule is Cc1cc([N+](=O)[O-])cnc1NCc1cccc(NC(C)C)c1. The van der Waals surface area contributed by atoms with E-state index in [1.807, 2.05) is 18.2 Å². The minimum atomic E-state index is -0.440. The van der Waals surface area contributed by atoms with Gasteiger partial charge in [0.2, 0.25) is 0 Å². The van der Waals surface area contributed by atoms with Crippen molar-refractivity contribution in [3.63, 3.8) is 0 Å². The molecule has 2 aromatic rings. The van der Waals surface area contributed by atoms with E-state index in [1.165, 1.54) is 12.3 Å². The number of rotatable bonds is 6. The molecular weight excluding hydrogens is 280 g/mol. The zero-order chi connectivity index (χ0) is 16.1. The van der Waals surface area contributed by atoms with Crippen LogP contribution in [-0.2, 0) is 6.54 Å². The number of hydrogen-bond donors (Lipinski definition) is 2. The zero-order valence-corrected chi connectivity index (χ0v) is 13.0. The van der Waals surface area contributed by atoms with Crippen LogP contribution >= 0.6 is 0 Å². The van der Waals surface area contributed by atoms with E-state index >= 15 is 0 Å². The lowest BCUT2D eigenvalue weighted by atomic mass is 10.2. The Hall–Kier alpha value is -2.63. The van der Waals surface area contributed by atoms with E-state index in [9.17, 15) is 10.1 Å². The number of pyridine rings is 1. The molecule has 6 nitrogen and oxygen atoms in total. The van der Waals surface area contributed by atoms with Gasteiger partial charge >= 0.3 is 0 Å². The highest BCUT2D eigenvalue weighted by Crippen LogP contribution is 2.19. The Kier molecular flexibility index (Phi) is 4.93. The van der Waals surface area contributed by atoms with Gasteiger partial charge in [-0.25, -0.2) is 4.98 Å². The maximum atomic E-state index is 10.7. The van der Waals surface area contributed by atoms with Crippen molar-refractivity contribution in [2.24, 2.45) is 0 Å². The fourth-order valence-electron chi connectivity index (χ4n) is 2.14. The number of aromatic nitrogens is 1. The highest BCUT2D eigenvalue weighted by atomic mass is 16.6. The lowest BCUT2D eigenvalue weighted by Crippen LogP contribution is -2.10. The first-order valence-corrected chi connectivity index (χ1v) is 7.16. The quantitative estimate of drug-likeness (QED) is 0.627. The van der Waals surface area contributed by atoms with Crippen LogP contribution in [0.2, 0.25) is 0 Å².